The van der Waals surface area contributed by atoms with Gasteiger partial charge in [0.05, 0.1) is 84.2 Å². The first kappa shape index (κ1) is 50.3. The summed E-state index contributed by atoms with van der Waals surface area (Å²) in [4.78, 5) is 51.6. The van der Waals surface area contributed by atoms with Gasteiger partial charge < -0.3 is 39.9 Å². The summed E-state index contributed by atoms with van der Waals surface area (Å²) in [5.41, 5.74) is 27.3. The lowest BCUT2D eigenvalue weighted by Gasteiger charge is -2.39. The van der Waals surface area contributed by atoms with Crippen molar-refractivity contribution in [2.24, 2.45) is 25.6 Å². The zero-order valence-electron chi connectivity index (χ0n) is 42.2. The Morgan fingerprint density at radius 2 is 1.06 bits per heavy atom. The molecule has 2 unspecified atom stereocenters. The lowest BCUT2D eigenvalue weighted by atomic mass is 9.89. The van der Waals surface area contributed by atoms with Crippen LogP contribution in [0.2, 0.25) is 5.02 Å². The molecule has 16 nitrogen and oxygen atoms in total. The van der Waals surface area contributed by atoms with Crippen LogP contribution in [-0.4, -0.2) is 125 Å². The number of hydrogen-bond donors (Lipinski definition) is 2. The lowest BCUT2D eigenvalue weighted by molar-refractivity contribution is 0.0506. The van der Waals surface area contributed by atoms with E-state index in [0.717, 1.165) is 74.8 Å². The molecular formula is C55H65ClN12O4. The van der Waals surface area contributed by atoms with Gasteiger partial charge in [-0.2, -0.15) is 0 Å². The smallest absolute Gasteiger partial charge is 0.410 e. The van der Waals surface area contributed by atoms with Crippen LogP contribution in [0.4, 0.5) is 9.59 Å². The number of nitrogens with zero attached hydrogens (tertiary/aromatic N) is 10. The minimum Gasteiger partial charge on any atom is -0.447 e. The zero-order valence-corrected chi connectivity index (χ0v) is 42.9. The number of imidazole rings is 2. The quantitative estimate of drug-likeness (QED) is 0.150. The van der Waals surface area contributed by atoms with Crippen LogP contribution in [0.5, 0.6) is 0 Å². The minimum absolute atomic E-state index is 0.0486. The molecule has 4 aromatic heterocycles. The number of rotatable bonds is 8. The second-order valence-electron chi connectivity index (χ2n) is 19.5. The third-order valence-corrected chi connectivity index (χ3v) is 14.1. The molecule has 6 aromatic rings. The minimum atomic E-state index is -0.399. The van der Waals surface area contributed by atoms with E-state index >= 15 is 0 Å². The van der Waals surface area contributed by atoms with Crippen LogP contribution in [0.15, 0.2) is 98.1 Å². The number of carbonyl (C=O) groups excluding carboxylic acids is 2. The van der Waals surface area contributed by atoms with Gasteiger partial charge in [0, 0.05) is 83.9 Å². The first-order valence-electron chi connectivity index (χ1n) is 24.7. The van der Waals surface area contributed by atoms with Crippen LogP contribution in [-0.2, 0) is 23.6 Å². The number of halogens is 1. The topological polar surface area (TPSA) is 179 Å². The van der Waals surface area contributed by atoms with Gasteiger partial charge in [0.15, 0.2) is 0 Å². The van der Waals surface area contributed by atoms with Gasteiger partial charge in [0.2, 0.25) is 0 Å². The zero-order chi connectivity index (χ0) is 50.8. The molecule has 10 rings (SSSR count). The van der Waals surface area contributed by atoms with E-state index in [2.05, 4.69) is 75.2 Å². The number of hydrogen-bond acceptors (Lipinski definition) is 12. The van der Waals surface area contributed by atoms with E-state index in [-0.39, 0.29) is 42.5 Å². The van der Waals surface area contributed by atoms with Crippen molar-refractivity contribution in [1.29, 1.82) is 0 Å². The number of amides is 2. The molecule has 0 radical (unpaired) electrons. The molecule has 72 heavy (non-hydrogen) atoms. The van der Waals surface area contributed by atoms with E-state index < -0.39 is 6.04 Å². The van der Waals surface area contributed by atoms with E-state index in [9.17, 15) is 9.59 Å². The first-order valence-corrected chi connectivity index (χ1v) is 25.1. The molecule has 0 saturated carbocycles. The van der Waals surface area contributed by atoms with Crippen molar-refractivity contribution in [3.63, 3.8) is 0 Å². The van der Waals surface area contributed by atoms with Crippen molar-refractivity contribution in [3.05, 3.63) is 165 Å². The van der Waals surface area contributed by atoms with E-state index in [4.69, 9.17) is 42.5 Å². The maximum absolute atomic E-state index is 12.5. The second kappa shape index (κ2) is 21.6. The van der Waals surface area contributed by atoms with Gasteiger partial charge in [-0.3, -0.25) is 19.8 Å². The maximum Gasteiger partial charge on any atom is 0.410 e. The molecular weight excluding hydrogens is 928 g/mol. The molecule has 17 heteroatoms. The summed E-state index contributed by atoms with van der Waals surface area (Å²) in [6.45, 7) is 14.8. The number of ether oxygens (including phenoxy) is 2. The Morgan fingerprint density at radius 1 is 0.625 bits per heavy atom. The summed E-state index contributed by atoms with van der Waals surface area (Å²) >= 11 is 6.52. The Morgan fingerprint density at radius 3 is 1.47 bits per heavy atom. The van der Waals surface area contributed by atoms with Crippen LogP contribution in [0, 0.1) is 6.92 Å². The van der Waals surface area contributed by atoms with Crippen LogP contribution >= 0.6 is 11.6 Å². The third kappa shape index (κ3) is 10.5. The predicted octanol–water partition coefficient (Wildman–Crippen LogP) is 8.20. The molecule has 2 amide bonds. The number of fused-ring (bicyclic) bond motifs is 4. The number of aryl methyl sites for hydroxylation is 3. The Kier molecular flexibility index (Phi) is 15.1. The average molecular weight is 994 g/mol. The molecule has 4 atom stereocenters. The molecule has 4 aliphatic rings. The number of benzene rings is 2. The summed E-state index contributed by atoms with van der Waals surface area (Å²) in [6, 6.07) is 19.8. The van der Waals surface area contributed by atoms with Crippen molar-refractivity contribution in [1.82, 2.24) is 48.7 Å². The second-order valence-corrected chi connectivity index (χ2v) is 19.9. The van der Waals surface area contributed by atoms with Crippen molar-refractivity contribution in [3.8, 4) is 0 Å². The van der Waals surface area contributed by atoms with Crippen LogP contribution in [0.3, 0.4) is 0 Å². The molecule has 4 N–H and O–H groups in total. The average Bonchev–Trinajstić information content (AvgIpc) is 3.93. The van der Waals surface area contributed by atoms with Crippen LogP contribution in [0.25, 0.3) is 23.3 Å². The fraction of sp³-hybridized carbons (Fsp3) is 0.382. The summed E-state index contributed by atoms with van der Waals surface area (Å²) < 4.78 is 14.8. The van der Waals surface area contributed by atoms with Gasteiger partial charge in [-0.05, 0) is 116 Å². The van der Waals surface area contributed by atoms with Crippen molar-refractivity contribution < 1.29 is 19.1 Å². The Bertz CT molecular complexity index is 2780. The highest BCUT2D eigenvalue weighted by Crippen LogP contribution is 2.45. The van der Waals surface area contributed by atoms with Gasteiger partial charge in [-0.25, -0.2) is 19.6 Å². The molecule has 0 spiro atoms. The number of pyridine rings is 2. The van der Waals surface area contributed by atoms with Gasteiger partial charge in [0.25, 0.3) is 0 Å². The molecule has 6 heterocycles. The molecule has 0 bridgehead atoms. The Balaban J connectivity index is 0.000000178. The summed E-state index contributed by atoms with van der Waals surface area (Å²) in [6.07, 6.45) is 14.4. The number of nitrogens with two attached hydrogens (primary N) is 2. The van der Waals surface area contributed by atoms with Gasteiger partial charge in [-0.1, -0.05) is 53.6 Å². The summed E-state index contributed by atoms with van der Waals surface area (Å²) in [5, 5.41) is 0.649. The van der Waals surface area contributed by atoms with Crippen molar-refractivity contribution in [2.75, 3.05) is 52.4 Å². The summed E-state index contributed by atoms with van der Waals surface area (Å²) in [5.74, 6) is 0. The largest absolute Gasteiger partial charge is 0.447 e. The standard InChI is InChI=1S/C28H34N6O2.C27H31ClN6O2/c1-18(2)36-28(35)34-12-10-33(11-13-34)27-21-8-7-19(3)14-22(21)23(15-20-6-5-9-31-26(20)27)25(29)24-16-30-17-32(24)4;1-17(2)36-27(35)34-11-9-33(10-12-34)26-20-7-6-19(28)14-21(20)22(13-18-5-4-8-31-25(18)26)24(29)23-15-30-16-32(23)3/h5-9,14-18,25,27H,10-13,29H2,1-4H3;4-8,13-17,24,26H,9-12,29H2,1-3H3/t25?,27-;24?,26-/m00/s1. The van der Waals surface area contributed by atoms with Crippen molar-refractivity contribution in [2.45, 2.75) is 71.0 Å². The normalized spacial score (nSPS) is 18.8. The number of piperazine rings is 2. The van der Waals surface area contributed by atoms with E-state index in [0.29, 0.717) is 44.3 Å². The maximum atomic E-state index is 12.5. The Hall–Kier alpha value is -6.69. The molecule has 2 aromatic carbocycles. The van der Waals surface area contributed by atoms with E-state index in [1.807, 2.05) is 93.8 Å². The first-order chi connectivity index (χ1) is 34.7. The lowest BCUT2D eigenvalue weighted by Crippen LogP contribution is -2.50. The van der Waals surface area contributed by atoms with Gasteiger partial charge >= 0.3 is 12.2 Å². The highest BCUT2D eigenvalue weighted by molar-refractivity contribution is 6.30. The fourth-order valence-electron chi connectivity index (χ4n) is 10.3. The monoisotopic (exact) mass is 992 g/mol. The van der Waals surface area contributed by atoms with Gasteiger partial charge in [-0.15, -0.1) is 0 Å². The molecule has 2 aliphatic heterocycles. The highest BCUT2D eigenvalue weighted by atomic mass is 35.5. The third-order valence-electron chi connectivity index (χ3n) is 13.9. The molecule has 2 saturated heterocycles. The van der Waals surface area contributed by atoms with Crippen LogP contribution in [0.1, 0.15) is 114 Å². The molecule has 376 valence electrons. The molecule has 2 aliphatic carbocycles. The fourth-order valence-corrected chi connectivity index (χ4v) is 10.5. The Labute approximate surface area is 426 Å². The summed E-state index contributed by atoms with van der Waals surface area (Å²) in [7, 11) is 3.92. The van der Waals surface area contributed by atoms with Crippen LogP contribution < -0.4 is 11.5 Å². The van der Waals surface area contributed by atoms with E-state index in [1.165, 1.54) is 11.1 Å². The number of carbonyl (C=O) groups is 2. The number of aromatic nitrogens is 6. The highest BCUT2D eigenvalue weighted by Gasteiger charge is 2.37. The SMILES string of the molecule is CC(C)OC(=O)N1CCN([C@H]2c3ccc(Cl)cc3C(C(N)c3cncn3C)=Cc3cccnc32)CC1.Cc1ccc2c(c1)C(C(N)c1cncn1C)=Cc1cccnc1[C@H]2N1CCN(C(=O)OC(C)C)CC1. The molecule has 2 fully saturated rings. The predicted molar refractivity (Wildman–Crippen MR) is 280 cm³/mol. The van der Waals surface area contributed by atoms with Crippen molar-refractivity contribution >= 4 is 47.1 Å². The van der Waals surface area contributed by atoms with E-state index in [1.54, 1.807) is 28.7 Å². The van der Waals surface area contributed by atoms with Gasteiger partial charge in [0.1, 0.15) is 0 Å².